The van der Waals surface area contributed by atoms with Crippen LogP contribution in [0, 0.1) is 11.8 Å². The SMILES string of the molecule is CCC(CC)C(=O)Cc1cccc(CN2C[C@@H](C)N(C(=O)C3CCCC3)[C@@H](C)C2)c1Cl. The van der Waals surface area contributed by atoms with Crippen LogP contribution in [0.5, 0.6) is 0 Å². The number of piperazine rings is 1. The van der Waals surface area contributed by atoms with Crippen molar-refractivity contribution in [2.75, 3.05) is 13.1 Å². The zero-order valence-corrected chi connectivity index (χ0v) is 20.5. The second-order valence-electron chi connectivity index (χ2n) is 9.67. The summed E-state index contributed by atoms with van der Waals surface area (Å²) in [7, 11) is 0. The van der Waals surface area contributed by atoms with Crippen LogP contribution in [0.25, 0.3) is 0 Å². The smallest absolute Gasteiger partial charge is 0.226 e. The van der Waals surface area contributed by atoms with Gasteiger partial charge in [0.1, 0.15) is 5.78 Å². The predicted octanol–water partition coefficient (Wildman–Crippen LogP) is 5.50. The standard InChI is InChI=1S/C26H39ClN2O2/c1-5-20(6-2)24(30)14-22-12-9-13-23(25(22)27)17-28-15-18(3)29(19(4)16-28)26(31)21-10-7-8-11-21/h9,12-13,18-21H,5-8,10-11,14-17H2,1-4H3/t18-,19+. The summed E-state index contributed by atoms with van der Waals surface area (Å²) in [5.41, 5.74) is 2.01. The third-order valence-corrected chi connectivity index (χ3v) is 7.80. The minimum absolute atomic E-state index is 0.118. The molecule has 2 fully saturated rings. The molecule has 0 aromatic heterocycles. The van der Waals surface area contributed by atoms with Gasteiger partial charge in [-0.05, 0) is 50.7 Å². The number of carbonyl (C=O) groups is 2. The Balaban J connectivity index is 1.65. The van der Waals surface area contributed by atoms with Crippen molar-refractivity contribution in [3.8, 4) is 0 Å². The van der Waals surface area contributed by atoms with Crippen molar-refractivity contribution in [1.29, 1.82) is 0 Å². The number of Topliss-reactive ketones (excluding diaryl/α,β-unsaturated/α-hetero) is 1. The molecule has 0 spiro atoms. The summed E-state index contributed by atoms with van der Waals surface area (Å²) in [5.74, 6) is 0.990. The zero-order valence-electron chi connectivity index (χ0n) is 19.7. The molecule has 5 heteroatoms. The third kappa shape index (κ3) is 5.70. The number of halogens is 1. The molecule has 1 aromatic rings. The summed E-state index contributed by atoms with van der Waals surface area (Å²) in [6.07, 6.45) is 6.66. The van der Waals surface area contributed by atoms with E-state index in [1.165, 1.54) is 12.8 Å². The molecule has 3 rings (SSSR count). The molecule has 1 aliphatic heterocycles. The summed E-state index contributed by atoms with van der Waals surface area (Å²) in [5, 5.41) is 0.728. The minimum atomic E-state index is 0.118. The highest BCUT2D eigenvalue weighted by Gasteiger charge is 2.37. The monoisotopic (exact) mass is 446 g/mol. The molecule has 0 bridgehead atoms. The van der Waals surface area contributed by atoms with Crippen LogP contribution >= 0.6 is 11.6 Å². The van der Waals surface area contributed by atoms with Crippen LogP contribution in [0.15, 0.2) is 18.2 Å². The van der Waals surface area contributed by atoms with E-state index >= 15 is 0 Å². The summed E-state index contributed by atoms with van der Waals surface area (Å²) in [4.78, 5) is 30.2. The first-order chi connectivity index (χ1) is 14.8. The molecule has 172 valence electrons. The van der Waals surface area contributed by atoms with Gasteiger partial charge in [-0.3, -0.25) is 14.5 Å². The molecule has 0 radical (unpaired) electrons. The summed E-state index contributed by atoms with van der Waals surface area (Å²) in [6, 6.07) is 6.48. The Hall–Kier alpha value is -1.39. The van der Waals surface area contributed by atoms with E-state index in [9.17, 15) is 9.59 Å². The van der Waals surface area contributed by atoms with Gasteiger partial charge in [0.25, 0.3) is 0 Å². The molecule has 1 heterocycles. The minimum Gasteiger partial charge on any atom is -0.334 e. The Labute approximate surface area is 193 Å². The molecule has 0 N–H and O–H groups in total. The molecule has 1 saturated heterocycles. The molecule has 0 unspecified atom stereocenters. The molecule has 1 aromatic carbocycles. The Morgan fingerprint density at radius 3 is 2.19 bits per heavy atom. The van der Waals surface area contributed by atoms with Crippen LogP contribution in [0.2, 0.25) is 5.02 Å². The van der Waals surface area contributed by atoms with Gasteiger partial charge in [-0.2, -0.15) is 0 Å². The van der Waals surface area contributed by atoms with Crippen LogP contribution in [0.3, 0.4) is 0 Å². The lowest BCUT2D eigenvalue weighted by Crippen LogP contribution is -2.59. The highest BCUT2D eigenvalue weighted by Crippen LogP contribution is 2.31. The highest BCUT2D eigenvalue weighted by molar-refractivity contribution is 6.32. The third-order valence-electron chi connectivity index (χ3n) is 7.31. The van der Waals surface area contributed by atoms with E-state index in [0.29, 0.717) is 12.3 Å². The van der Waals surface area contributed by atoms with Gasteiger partial charge in [0.05, 0.1) is 0 Å². The fraction of sp³-hybridized carbons (Fsp3) is 0.692. The first kappa shape index (κ1) is 24.3. The first-order valence-electron chi connectivity index (χ1n) is 12.2. The molecular formula is C26H39ClN2O2. The molecule has 4 nitrogen and oxygen atoms in total. The van der Waals surface area contributed by atoms with Crippen molar-refractivity contribution in [3.63, 3.8) is 0 Å². The topological polar surface area (TPSA) is 40.6 Å². The van der Waals surface area contributed by atoms with Gasteiger partial charge in [0.2, 0.25) is 5.91 Å². The van der Waals surface area contributed by atoms with Crippen LogP contribution in [0.4, 0.5) is 0 Å². The maximum absolute atomic E-state index is 13.0. The van der Waals surface area contributed by atoms with E-state index in [1.807, 2.05) is 12.1 Å². The number of benzene rings is 1. The van der Waals surface area contributed by atoms with Gasteiger partial charge < -0.3 is 4.90 Å². The fourth-order valence-corrected chi connectivity index (χ4v) is 5.84. The Morgan fingerprint density at radius 2 is 1.61 bits per heavy atom. The predicted molar refractivity (Wildman–Crippen MR) is 127 cm³/mol. The largest absolute Gasteiger partial charge is 0.334 e. The Bertz CT molecular complexity index is 759. The van der Waals surface area contributed by atoms with Crippen molar-refractivity contribution < 1.29 is 9.59 Å². The van der Waals surface area contributed by atoms with E-state index in [0.717, 1.165) is 61.5 Å². The van der Waals surface area contributed by atoms with Gasteiger partial charge in [-0.1, -0.05) is 56.5 Å². The molecule has 31 heavy (non-hydrogen) atoms. The molecule has 1 amide bonds. The van der Waals surface area contributed by atoms with E-state index in [2.05, 4.69) is 43.6 Å². The zero-order chi connectivity index (χ0) is 22.5. The van der Waals surface area contributed by atoms with Gasteiger partial charge in [0, 0.05) is 55.0 Å². The normalized spacial score (nSPS) is 23.0. The summed E-state index contributed by atoms with van der Waals surface area (Å²) >= 11 is 6.76. The van der Waals surface area contributed by atoms with E-state index < -0.39 is 0 Å². The van der Waals surface area contributed by atoms with E-state index in [-0.39, 0.29) is 29.7 Å². The van der Waals surface area contributed by atoms with Gasteiger partial charge in [-0.15, -0.1) is 0 Å². The summed E-state index contributed by atoms with van der Waals surface area (Å²) in [6.45, 7) is 11.0. The molecular weight excluding hydrogens is 408 g/mol. The van der Waals surface area contributed by atoms with Crippen LogP contribution in [0.1, 0.15) is 77.3 Å². The lowest BCUT2D eigenvalue weighted by atomic mass is 9.93. The maximum Gasteiger partial charge on any atom is 0.226 e. The van der Waals surface area contributed by atoms with E-state index in [4.69, 9.17) is 11.6 Å². The average Bonchev–Trinajstić information content (AvgIpc) is 3.26. The van der Waals surface area contributed by atoms with Gasteiger partial charge >= 0.3 is 0 Å². The average molecular weight is 447 g/mol. The second kappa shape index (κ2) is 11.0. The van der Waals surface area contributed by atoms with E-state index in [1.54, 1.807) is 0 Å². The number of ketones is 1. The lowest BCUT2D eigenvalue weighted by Gasteiger charge is -2.45. The first-order valence-corrected chi connectivity index (χ1v) is 12.6. The highest BCUT2D eigenvalue weighted by atomic mass is 35.5. The number of hydrogen-bond acceptors (Lipinski definition) is 3. The fourth-order valence-electron chi connectivity index (χ4n) is 5.59. The van der Waals surface area contributed by atoms with Crippen molar-refractivity contribution in [3.05, 3.63) is 34.3 Å². The maximum atomic E-state index is 13.0. The Kier molecular flexibility index (Phi) is 8.58. The number of hydrogen-bond donors (Lipinski definition) is 0. The van der Waals surface area contributed by atoms with Crippen LogP contribution in [-0.2, 0) is 22.6 Å². The van der Waals surface area contributed by atoms with Crippen molar-refractivity contribution in [2.24, 2.45) is 11.8 Å². The van der Waals surface area contributed by atoms with Crippen LogP contribution in [-0.4, -0.2) is 46.7 Å². The van der Waals surface area contributed by atoms with Crippen molar-refractivity contribution in [1.82, 2.24) is 9.80 Å². The lowest BCUT2D eigenvalue weighted by molar-refractivity contribution is -0.143. The number of amides is 1. The Morgan fingerprint density at radius 1 is 1.03 bits per heavy atom. The second-order valence-corrected chi connectivity index (χ2v) is 10.0. The van der Waals surface area contributed by atoms with Crippen molar-refractivity contribution >= 4 is 23.3 Å². The molecule has 2 atom stereocenters. The van der Waals surface area contributed by atoms with Crippen molar-refractivity contribution in [2.45, 2.75) is 91.3 Å². The summed E-state index contributed by atoms with van der Waals surface area (Å²) < 4.78 is 0. The molecule has 2 aliphatic rings. The number of carbonyl (C=O) groups excluding carboxylic acids is 2. The molecule has 1 aliphatic carbocycles. The number of nitrogens with zero attached hydrogens (tertiary/aromatic N) is 2. The number of rotatable bonds is 8. The quantitative estimate of drug-likeness (QED) is 0.529. The van der Waals surface area contributed by atoms with Gasteiger partial charge in [0.15, 0.2) is 0 Å². The van der Waals surface area contributed by atoms with Crippen LogP contribution < -0.4 is 0 Å². The van der Waals surface area contributed by atoms with Gasteiger partial charge in [-0.25, -0.2) is 0 Å². The molecule has 1 saturated carbocycles.